The number of thioether (sulfide) groups is 1. The lowest BCUT2D eigenvalue weighted by atomic mass is 10.1. The fourth-order valence-corrected chi connectivity index (χ4v) is 3.07. The molecule has 0 aliphatic heterocycles. The van der Waals surface area contributed by atoms with Crippen LogP contribution in [0.4, 0.5) is 5.82 Å². The Morgan fingerprint density at radius 1 is 1.12 bits per heavy atom. The minimum absolute atomic E-state index is 0.134. The van der Waals surface area contributed by atoms with E-state index in [4.69, 9.17) is 0 Å². The largest absolute Gasteiger partial charge is 0.319 e. The molecule has 0 spiro atoms. The summed E-state index contributed by atoms with van der Waals surface area (Å²) in [5.74, 6) is 0.439. The number of nitrogens with zero attached hydrogens (tertiary/aromatic N) is 2. The molecule has 0 aliphatic carbocycles. The normalized spacial score (nSPS) is 10.6. The van der Waals surface area contributed by atoms with E-state index in [-0.39, 0.29) is 5.91 Å². The van der Waals surface area contributed by atoms with Gasteiger partial charge < -0.3 is 9.88 Å². The monoisotopic (exact) mass is 337 g/mol. The summed E-state index contributed by atoms with van der Waals surface area (Å²) in [6.07, 6.45) is 3.87. The first-order valence-electron chi connectivity index (χ1n) is 7.69. The molecule has 1 aromatic heterocycles. The summed E-state index contributed by atoms with van der Waals surface area (Å²) in [7, 11) is 0. The molecular formula is C19H19N3OS. The molecule has 24 heavy (non-hydrogen) atoms. The van der Waals surface area contributed by atoms with Crippen molar-refractivity contribution in [2.45, 2.75) is 18.6 Å². The zero-order valence-corrected chi connectivity index (χ0v) is 14.5. The number of rotatable bonds is 5. The van der Waals surface area contributed by atoms with E-state index in [0.717, 1.165) is 17.3 Å². The third-order valence-corrected chi connectivity index (χ3v) is 4.44. The zero-order valence-electron chi connectivity index (χ0n) is 13.7. The highest BCUT2D eigenvalue weighted by Crippen LogP contribution is 2.20. The molecule has 2 aromatic carbocycles. The second-order valence-corrected chi connectivity index (χ2v) is 6.27. The van der Waals surface area contributed by atoms with Crippen molar-refractivity contribution in [2.75, 3.05) is 11.6 Å². The van der Waals surface area contributed by atoms with Crippen LogP contribution in [0.1, 0.15) is 21.5 Å². The summed E-state index contributed by atoms with van der Waals surface area (Å²) in [5, 5.41) is 3.77. The molecule has 0 aliphatic rings. The minimum atomic E-state index is -0.134. The first-order valence-corrected chi connectivity index (χ1v) is 8.92. The predicted molar refractivity (Wildman–Crippen MR) is 98.7 cm³/mol. The van der Waals surface area contributed by atoms with Gasteiger partial charge in [0.1, 0.15) is 0 Å². The fourth-order valence-electron chi connectivity index (χ4n) is 2.53. The van der Waals surface area contributed by atoms with E-state index in [1.807, 2.05) is 66.4 Å². The number of hydrogen-bond acceptors (Lipinski definition) is 3. The van der Waals surface area contributed by atoms with Crippen LogP contribution in [0.15, 0.2) is 66.0 Å². The number of carbonyl (C=O) groups is 1. The Hall–Kier alpha value is -2.53. The van der Waals surface area contributed by atoms with Crippen LogP contribution >= 0.6 is 11.8 Å². The maximum atomic E-state index is 12.4. The predicted octanol–water partition coefficient (Wildman–Crippen LogP) is 4.21. The molecule has 1 heterocycles. The van der Waals surface area contributed by atoms with E-state index in [2.05, 4.69) is 22.4 Å². The number of benzene rings is 2. The number of hydrogen-bond donors (Lipinski definition) is 1. The van der Waals surface area contributed by atoms with Gasteiger partial charge in [0.2, 0.25) is 0 Å². The van der Waals surface area contributed by atoms with E-state index in [0.29, 0.717) is 11.4 Å². The molecule has 4 nitrogen and oxygen atoms in total. The van der Waals surface area contributed by atoms with E-state index >= 15 is 0 Å². The van der Waals surface area contributed by atoms with Gasteiger partial charge in [-0.05, 0) is 30.4 Å². The lowest BCUT2D eigenvalue weighted by molar-refractivity contribution is 0.102. The van der Waals surface area contributed by atoms with Gasteiger partial charge in [0.05, 0.1) is 0 Å². The molecule has 0 radical (unpaired) electrons. The smallest absolute Gasteiger partial charge is 0.257 e. The Morgan fingerprint density at radius 3 is 2.54 bits per heavy atom. The number of nitrogens with one attached hydrogen (secondary N) is 1. The van der Waals surface area contributed by atoms with Crippen molar-refractivity contribution in [2.24, 2.45) is 0 Å². The number of amides is 1. The van der Waals surface area contributed by atoms with Gasteiger partial charge in [-0.3, -0.25) is 4.79 Å². The number of aryl methyl sites for hydroxylation is 1. The molecule has 0 fully saturated rings. The molecule has 0 bridgehead atoms. The van der Waals surface area contributed by atoms with Crippen molar-refractivity contribution in [3.63, 3.8) is 0 Å². The molecule has 1 amide bonds. The maximum Gasteiger partial charge on any atom is 0.257 e. The summed E-state index contributed by atoms with van der Waals surface area (Å²) in [6, 6.07) is 17.7. The molecule has 0 saturated carbocycles. The van der Waals surface area contributed by atoms with Crippen molar-refractivity contribution in [1.29, 1.82) is 0 Å². The summed E-state index contributed by atoms with van der Waals surface area (Å²) in [4.78, 5) is 16.9. The van der Waals surface area contributed by atoms with Crippen LogP contribution in [0.2, 0.25) is 0 Å². The van der Waals surface area contributed by atoms with Gasteiger partial charge in [0.15, 0.2) is 11.0 Å². The zero-order chi connectivity index (χ0) is 16.9. The molecule has 1 N–H and O–H groups in total. The number of imidazole rings is 1. The molecule has 122 valence electrons. The Morgan fingerprint density at radius 2 is 1.83 bits per heavy atom. The van der Waals surface area contributed by atoms with Gasteiger partial charge >= 0.3 is 0 Å². The first-order chi connectivity index (χ1) is 11.7. The third-order valence-electron chi connectivity index (χ3n) is 3.75. The summed E-state index contributed by atoms with van der Waals surface area (Å²) in [5.41, 5.74) is 2.81. The van der Waals surface area contributed by atoms with Gasteiger partial charge in [-0.25, -0.2) is 4.98 Å². The maximum absolute atomic E-state index is 12.4. The third kappa shape index (κ3) is 3.68. The molecule has 0 atom stereocenters. The van der Waals surface area contributed by atoms with Crippen molar-refractivity contribution in [1.82, 2.24) is 9.55 Å². The topological polar surface area (TPSA) is 46.9 Å². The van der Waals surface area contributed by atoms with Crippen LogP contribution in [-0.2, 0) is 6.54 Å². The Bertz CT molecular complexity index is 843. The van der Waals surface area contributed by atoms with Gasteiger partial charge in [-0.1, -0.05) is 60.3 Å². The molecule has 5 heteroatoms. The van der Waals surface area contributed by atoms with E-state index in [1.54, 1.807) is 11.8 Å². The summed E-state index contributed by atoms with van der Waals surface area (Å²) >= 11 is 1.56. The van der Waals surface area contributed by atoms with E-state index < -0.39 is 0 Å². The van der Waals surface area contributed by atoms with Gasteiger partial charge in [0, 0.05) is 18.3 Å². The average Bonchev–Trinajstić information content (AvgIpc) is 2.97. The van der Waals surface area contributed by atoms with Crippen LogP contribution in [0, 0.1) is 6.92 Å². The molecule has 0 saturated heterocycles. The number of carbonyl (C=O) groups excluding carboxylic acids is 1. The standard InChI is InChI=1S/C19H19N3OS/c1-14-8-6-7-11-16(14)18(23)20-17-13-22(19(21-17)24-2)12-15-9-4-3-5-10-15/h3-11,13H,12H2,1-2H3,(H,20,23). The Kier molecular flexibility index (Phi) is 5.01. The quantitative estimate of drug-likeness (QED) is 0.709. The fraction of sp³-hybridized carbons (Fsp3) is 0.158. The summed E-state index contributed by atoms with van der Waals surface area (Å²) in [6.45, 7) is 2.65. The van der Waals surface area contributed by atoms with Gasteiger partial charge in [0.25, 0.3) is 5.91 Å². The summed E-state index contributed by atoms with van der Waals surface area (Å²) < 4.78 is 2.05. The highest BCUT2D eigenvalue weighted by Gasteiger charge is 2.13. The Balaban J connectivity index is 1.80. The second-order valence-electron chi connectivity index (χ2n) is 5.50. The van der Waals surface area contributed by atoms with Gasteiger partial charge in [-0.15, -0.1) is 0 Å². The highest BCUT2D eigenvalue weighted by molar-refractivity contribution is 7.98. The van der Waals surface area contributed by atoms with Crippen LogP contribution in [0.25, 0.3) is 0 Å². The average molecular weight is 337 g/mol. The highest BCUT2D eigenvalue weighted by atomic mass is 32.2. The second kappa shape index (κ2) is 7.36. The Labute approximate surface area is 145 Å². The lowest BCUT2D eigenvalue weighted by Gasteiger charge is -2.05. The van der Waals surface area contributed by atoms with Crippen molar-refractivity contribution >= 4 is 23.5 Å². The number of aromatic nitrogens is 2. The molecular weight excluding hydrogens is 318 g/mol. The van der Waals surface area contributed by atoms with Crippen molar-refractivity contribution < 1.29 is 4.79 Å². The lowest BCUT2D eigenvalue weighted by Crippen LogP contribution is -2.13. The SMILES string of the molecule is CSc1nc(NC(=O)c2ccccc2C)cn1Cc1ccccc1. The van der Waals surface area contributed by atoms with Crippen molar-refractivity contribution in [3.8, 4) is 0 Å². The van der Waals surface area contributed by atoms with Crippen LogP contribution < -0.4 is 5.32 Å². The van der Waals surface area contributed by atoms with E-state index in [1.165, 1.54) is 5.56 Å². The first kappa shape index (κ1) is 16.3. The number of anilines is 1. The molecule has 0 unspecified atom stereocenters. The molecule has 3 aromatic rings. The van der Waals surface area contributed by atoms with Crippen molar-refractivity contribution in [3.05, 3.63) is 77.5 Å². The van der Waals surface area contributed by atoms with Gasteiger partial charge in [-0.2, -0.15) is 0 Å². The van der Waals surface area contributed by atoms with Crippen LogP contribution in [0.3, 0.4) is 0 Å². The minimum Gasteiger partial charge on any atom is -0.319 e. The molecule has 3 rings (SSSR count). The van der Waals surface area contributed by atoms with Crippen LogP contribution in [0.5, 0.6) is 0 Å². The van der Waals surface area contributed by atoms with E-state index in [9.17, 15) is 4.79 Å². The van der Waals surface area contributed by atoms with Crippen LogP contribution in [-0.4, -0.2) is 21.7 Å².